The second kappa shape index (κ2) is 12.7. The lowest BCUT2D eigenvalue weighted by Crippen LogP contribution is -2.44. The highest BCUT2D eigenvalue weighted by atomic mass is 32.2. The first-order valence-electron chi connectivity index (χ1n) is 13.8. The number of carbonyl (C=O) groups excluding carboxylic acids is 1. The van der Waals surface area contributed by atoms with Gasteiger partial charge in [0.25, 0.3) is 5.91 Å². The Morgan fingerprint density at radius 2 is 1.64 bits per heavy atom. The molecule has 3 N–H and O–H groups in total. The molecular formula is C33H31N3O7S. The summed E-state index contributed by atoms with van der Waals surface area (Å²) < 4.78 is 39.6. The van der Waals surface area contributed by atoms with Gasteiger partial charge in [-0.3, -0.25) is 14.6 Å². The van der Waals surface area contributed by atoms with Gasteiger partial charge in [-0.25, -0.2) is 8.42 Å². The molecule has 5 aromatic rings. The first kappa shape index (κ1) is 30.5. The summed E-state index contributed by atoms with van der Waals surface area (Å²) in [7, 11) is -4.03. The van der Waals surface area contributed by atoms with Crippen LogP contribution in [0.25, 0.3) is 22.1 Å². The number of aromatic nitrogens is 1. The molecule has 11 heteroatoms. The first-order valence-corrected chi connectivity index (χ1v) is 15.3. The molecule has 0 saturated heterocycles. The summed E-state index contributed by atoms with van der Waals surface area (Å²) in [5.41, 5.74) is 4.19. The number of furan rings is 1. The van der Waals surface area contributed by atoms with Crippen molar-refractivity contribution in [2.75, 3.05) is 5.32 Å². The van der Waals surface area contributed by atoms with E-state index in [1.54, 1.807) is 74.8 Å². The standard InChI is InChI=1S/C33H31N3O7S/c1-20(2)30(33(38)39)36-44(40,41)26-15-11-24(12-16-26)23-9-13-25(14-10-23)35-32(37)31-21(3)29-27(7-4-8-28(29)43-31)42-19-22-6-5-17-34-18-22/h4-18,20,30,36H,19H2,1-3H3,(H,35,37)(H,38,39). The van der Waals surface area contributed by atoms with E-state index < -0.39 is 33.9 Å². The zero-order valence-electron chi connectivity index (χ0n) is 24.3. The number of nitrogens with zero attached hydrogens (tertiary/aromatic N) is 1. The minimum absolute atomic E-state index is 0.0381. The third kappa shape index (κ3) is 6.64. The van der Waals surface area contributed by atoms with Crippen molar-refractivity contribution < 1.29 is 32.3 Å². The zero-order chi connectivity index (χ0) is 31.4. The van der Waals surface area contributed by atoms with Gasteiger partial charge < -0.3 is 19.6 Å². The number of nitrogens with one attached hydrogen (secondary N) is 2. The Morgan fingerprint density at radius 3 is 2.25 bits per heavy atom. The van der Waals surface area contributed by atoms with Gasteiger partial charge >= 0.3 is 5.97 Å². The van der Waals surface area contributed by atoms with Gasteiger partial charge in [0, 0.05) is 29.2 Å². The highest BCUT2D eigenvalue weighted by molar-refractivity contribution is 7.89. The van der Waals surface area contributed by atoms with Crippen molar-refractivity contribution in [3.05, 3.63) is 108 Å². The van der Waals surface area contributed by atoms with Crippen LogP contribution in [0, 0.1) is 12.8 Å². The molecular weight excluding hydrogens is 582 g/mol. The van der Waals surface area contributed by atoms with Crippen LogP contribution in [-0.2, 0) is 21.4 Å². The van der Waals surface area contributed by atoms with Crippen LogP contribution in [0.1, 0.15) is 35.5 Å². The summed E-state index contributed by atoms with van der Waals surface area (Å²) >= 11 is 0. The molecule has 44 heavy (non-hydrogen) atoms. The number of carboxylic acid groups (broad SMARTS) is 1. The van der Waals surface area contributed by atoms with Gasteiger partial charge in [0.1, 0.15) is 24.0 Å². The number of aliphatic carboxylic acids is 1. The molecule has 2 heterocycles. The molecule has 3 aromatic carbocycles. The number of amides is 1. The monoisotopic (exact) mass is 613 g/mol. The largest absolute Gasteiger partial charge is 0.488 e. The van der Waals surface area contributed by atoms with E-state index >= 15 is 0 Å². The van der Waals surface area contributed by atoms with E-state index in [4.69, 9.17) is 9.15 Å². The second-order valence-electron chi connectivity index (χ2n) is 10.6. The molecule has 10 nitrogen and oxygen atoms in total. The molecule has 5 rings (SSSR count). The van der Waals surface area contributed by atoms with E-state index in [9.17, 15) is 23.1 Å². The van der Waals surface area contributed by atoms with E-state index in [-0.39, 0.29) is 10.7 Å². The Balaban J connectivity index is 1.28. The number of carboxylic acids is 1. The Morgan fingerprint density at radius 1 is 0.955 bits per heavy atom. The Hall–Kier alpha value is -5.00. The summed E-state index contributed by atoms with van der Waals surface area (Å²) in [6, 6.07) is 21.1. The van der Waals surface area contributed by atoms with E-state index in [0.29, 0.717) is 29.2 Å². The molecule has 1 unspecified atom stereocenters. The van der Waals surface area contributed by atoms with E-state index in [2.05, 4.69) is 15.0 Å². The fourth-order valence-electron chi connectivity index (χ4n) is 4.71. The van der Waals surface area contributed by atoms with Crippen molar-refractivity contribution in [2.24, 2.45) is 5.92 Å². The predicted molar refractivity (Wildman–Crippen MR) is 166 cm³/mol. The normalized spacial score (nSPS) is 12.3. The van der Waals surface area contributed by atoms with Crippen LogP contribution in [0.5, 0.6) is 5.75 Å². The second-order valence-corrected chi connectivity index (χ2v) is 12.3. The molecule has 0 aliphatic carbocycles. The Labute approximate surface area is 254 Å². The molecule has 0 radical (unpaired) electrons. The zero-order valence-corrected chi connectivity index (χ0v) is 25.1. The highest BCUT2D eigenvalue weighted by Gasteiger charge is 2.28. The van der Waals surface area contributed by atoms with Crippen LogP contribution >= 0.6 is 0 Å². The van der Waals surface area contributed by atoms with E-state index in [1.807, 2.05) is 25.1 Å². The molecule has 0 bridgehead atoms. The number of ether oxygens (including phenoxy) is 1. The summed E-state index contributed by atoms with van der Waals surface area (Å²) in [5.74, 6) is -1.29. The van der Waals surface area contributed by atoms with Crippen LogP contribution in [0.3, 0.4) is 0 Å². The fourth-order valence-corrected chi connectivity index (χ4v) is 6.05. The van der Waals surface area contributed by atoms with Crippen molar-refractivity contribution >= 4 is 38.6 Å². The van der Waals surface area contributed by atoms with Gasteiger partial charge in [-0.15, -0.1) is 0 Å². The van der Waals surface area contributed by atoms with Gasteiger partial charge in [-0.2, -0.15) is 4.72 Å². The summed E-state index contributed by atoms with van der Waals surface area (Å²) in [6.07, 6.45) is 3.43. The van der Waals surface area contributed by atoms with Crippen molar-refractivity contribution in [1.29, 1.82) is 0 Å². The molecule has 0 spiro atoms. The first-order chi connectivity index (χ1) is 21.0. The third-order valence-corrected chi connectivity index (χ3v) is 8.55. The lowest BCUT2D eigenvalue weighted by Gasteiger charge is -2.18. The highest BCUT2D eigenvalue weighted by Crippen LogP contribution is 2.34. The quantitative estimate of drug-likeness (QED) is 0.164. The van der Waals surface area contributed by atoms with Gasteiger partial charge in [-0.05, 0) is 66.4 Å². The molecule has 1 atom stereocenters. The predicted octanol–water partition coefficient (Wildman–Crippen LogP) is 6.02. The maximum absolute atomic E-state index is 13.2. The lowest BCUT2D eigenvalue weighted by atomic mass is 10.1. The summed E-state index contributed by atoms with van der Waals surface area (Å²) in [6.45, 7) is 5.40. The smallest absolute Gasteiger partial charge is 0.322 e. The number of hydrogen-bond donors (Lipinski definition) is 3. The molecule has 2 aromatic heterocycles. The van der Waals surface area contributed by atoms with Crippen LogP contribution in [0.2, 0.25) is 0 Å². The van der Waals surface area contributed by atoms with Crippen molar-refractivity contribution in [3.63, 3.8) is 0 Å². The molecule has 0 saturated carbocycles. The topological polar surface area (TPSA) is 148 Å². The number of anilines is 1. The van der Waals surface area contributed by atoms with Gasteiger partial charge in [-0.1, -0.05) is 50.2 Å². The van der Waals surface area contributed by atoms with Gasteiger partial charge in [0.15, 0.2) is 5.76 Å². The van der Waals surface area contributed by atoms with Gasteiger partial charge in [0.2, 0.25) is 10.0 Å². The SMILES string of the molecule is Cc1c(C(=O)Nc2ccc(-c3ccc(S(=O)(=O)NC(C(=O)O)C(C)C)cc3)cc2)oc2cccc(OCc3cccnc3)c12. The third-order valence-electron chi connectivity index (χ3n) is 7.09. The molecule has 0 aliphatic heterocycles. The number of aryl methyl sites for hydroxylation is 1. The Bertz CT molecular complexity index is 1900. The number of sulfonamides is 1. The average molecular weight is 614 g/mol. The number of pyridine rings is 1. The number of carbonyl (C=O) groups is 2. The Kier molecular flexibility index (Phi) is 8.79. The molecule has 1 amide bonds. The fraction of sp³-hybridized carbons (Fsp3) is 0.182. The summed E-state index contributed by atoms with van der Waals surface area (Å²) in [5, 5.41) is 12.9. The van der Waals surface area contributed by atoms with Gasteiger partial charge in [0.05, 0.1) is 10.3 Å². The average Bonchev–Trinajstić information content (AvgIpc) is 3.36. The van der Waals surface area contributed by atoms with Crippen LogP contribution < -0.4 is 14.8 Å². The number of benzene rings is 3. The van der Waals surface area contributed by atoms with Crippen molar-refractivity contribution in [3.8, 4) is 16.9 Å². The molecule has 0 aliphatic rings. The van der Waals surface area contributed by atoms with Crippen LogP contribution in [0.4, 0.5) is 5.69 Å². The minimum Gasteiger partial charge on any atom is -0.488 e. The van der Waals surface area contributed by atoms with Crippen molar-refractivity contribution in [1.82, 2.24) is 9.71 Å². The molecule has 226 valence electrons. The van der Waals surface area contributed by atoms with Crippen LogP contribution in [-0.4, -0.2) is 36.4 Å². The van der Waals surface area contributed by atoms with E-state index in [1.165, 1.54) is 12.1 Å². The number of fused-ring (bicyclic) bond motifs is 1. The maximum Gasteiger partial charge on any atom is 0.322 e. The minimum atomic E-state index is -4.03. The van der Waals surface area contributed by atoms with Crippen LogP contribution in [0.15, 0.2) is 101 Å². The number of rotatable bonds is 11. The van der Waals surface area contributed by atoms with E-state index in [0.717, 1.165) is 22.1 Å². The summed E-state index contributed by atoms with van der Waals surface area (Å²) in [4.78, 5) is 28.7. The molecule has 0 fully saturated rings. The lowest BCUT2D eigenvalue weighted by molar-refractivity contribution is -0.140. The maximum atomic E-state index is 13.2. The number of hydrogen-bond acceptors (Lipinski definition) is 7. The van der Waals surface area contributed by atoms with Crippen molar-refractivity contribution in [2.45, 2.75) is 38.3 Å².